The molecule has 3 rings (SSSR count). The lowest BCUT2D eigenvalue weighted by Crippen LogP contribution is -2.41. The van der Waals surface area contributed by atoms with Crippen molar-refractivity contribution >= 4 is 5.96 Å². The number of para-hydroxylation sites is 1. The Bertz CT molecular complexity index is 540. The lowest BCUT2D eigenvalue weighted by atomic mass is 10.0. The molecule has 3 N–H and O–H groups in total. The zero-order valence-corrected chi connectivity index (χ0v) is 14.5. The standard InChI is InChI=1S/C19H30N4O/c20-19(23-13-4-1-5-14-23)22-12-6-11-21-15-17-10-9-16-7-2-3-8-18(16)24-17/h2-3,7-8,17,21H,1,4-6,9-15H2,(H2,20,22). The molecule has 1 aromatic carbocycles. The van der Waals surface area contributed by atoms with Crippen LogP contribution in [0.2, 0.25) is 0 Å². The van der Waals surface area contributed by atoms with E-state index in [1.54, 1.807) is 0 Å². The number of nitrogens with zero attached hydrogens (tertiary/aromatic N) is 2. The number of nitrogens with one attached hydrogen (secondary N) is 1. The highest BCUT2D eigenvalue weighted by Crippen LogP contribution is 2.26. The Hall–Kier alpha value is -1.75. The fraction of sp³-hybridized carbons (Fsp3) is 0.632. The average Bonchev–Trinajstić information content (AvgIpc) is 2.65. The monoisotopic (exact) mass is 330 g/mol. The van der Waals surface area contributed by atoms with Gasteiger partial charge in [-0.3, -0.25) is 4.99 Å². The van der Waals surface area contributed by atoms with Crippen molar-refractivity contribution in [1.82, 2.24) is 10.2 Å². The Balaban J connectivity index is 1.29. The van der Waals surface area contributed by atoms with Gasteiger partial charge in [-0.2, -0.15) is 0 Å². The molecule has 1 unspecified atom stereocenters. The maximum Gasteiger partial charge on any atom is 0.191 e. The van der Waals surface area contributed by atoms with Gasteiger partial charge in [0.2, 0.25) is 0 Å². The van der Waals surface area contributed by atoms with Gasteiger partial charge in [-0.05, 0) is 56.7 Å². The molecule has 0 bridgehead atoms. The van der Waals surface area contributed by atoms with Crippen LogP contribution in [0, 0.1) is 0 Å². The van der Waals surface area contributed by atoms with E-state index in [0.717, 1.165) is 63.7 Å². The Morgan fingerprint density at radius 1 is 1.25 bits per heavy atom. The van der Waals surface area contributed by atoms with Crippen molar-refractivity contribution in [3.8, 4) is 5.75 Å². The van der Waals surface area contributed by atoms with E-state index in [0.29, 0.717) is 0 Å². The smallest absolute Gasteiger partial charge is 0.191 e. The number of likely N-dealkylation sites (tertiary alicyclic amines) is 1. The largest absolute Gasteiger partial charge is 0.489 e. The first-order chi connectivity index (χ1) is 11.8. The predicted octanol–water partition coefficient (Wildman–Crippen LogP) is 2.16. The van der Waals surface area contributed by atoms with E-state index in [9.17, 15) is 0 Å². The lowest BCUT2D eigenvalue weighted by Gasteiger charge is -2.27. The molecule has 24 heavy (non-hydrogen) atoms. The van der Waals surface area contributed by atoms with Gasteiger partial charge in [-0.1, -0.05) is 18.2 Å². The number of nitrogens with two attached hydrogens (primary N) is 1. The lowest BCUT2D eigenvalue weighted by molar-refractivity contribution is 0.171. The quantitative estimate of drug-likeness (QED) is 0.477. The summed E-state index contributed by atoms with van der Waals surface area (Å²) in [6.45, 7) is 4.78. The Kier molecular flexibility index (Phi) is 6.35. The summed E-state index contributed by atoms with van der Waals surface area (Å²) in [6, 6.07) is 8.35. The van der Waals surface area contributed by atoms with Gasteiger partial charge in [0, 0.05) is 26.2 Å². The maximum atomic E-state index is 6.06. The van der Waals surface area contributed by atoms with Crippen molar-refractivity contribution in [1.29, 1.82) is 0 Å². The van der Waals surface area contributed by atoms with E-state index >= 15 is 0 Å². The maximum absolute atomic E-state index is 6.06. The molecule has 0 radical (unpaired) electrons. The van der Waals surface area contributed by atoms with E-state index in [4.69, 9.17) is 10.5 Å². The second-order valence-electron chi connectivity index (χ2n) is 6.73. The van der Waals surface area contributed by atoms with Gasteiger partial charge >= 0.3 is 0 Å². The Labute approximate surface area is 145 Å². The number of rotatable bonds is 6. The molecule has 2 aliphatic heterocycles. The number of ether oxygens (including phenoxy) is 1. The molecule has 5 heteroatoms. The third-order valence-electron chi connectivity index (χ3n) is 4.84. The third kappa shape index (κ3) is 4.87. The number of aliphatic imine (C=N–C) groups is 1. The summed E-state index contributed by atoms with van der Waals surface area (Å²) < 4.78 is 6.04. The molecule has 132 valence electrons. The topological polar surface area (TPSA) is 62.9 Å². The van der Waals surface area contributed by atoms with E-state index in [1.807, 2.05) is 6.07 Å². The number of aryl methyl sites for hydroxylation is 1. The van der Waals surface area contributed by atoms with Crippen LogP contribution >= 0.6 is 0 Å². The Morgan fingerprint density at radius 2 is 2.08 bits per heavy atom. The van der Waals surface area contributed by atoms with Gasteiger partial charge in [-0.15, -0.1) is 0 Å². The number of fused-ring (bicyclic) bond motifs is 1. The van der Waals surface area contributed by atoms with Crippen molar-refractivity contribution < 1.29 is 4.74 Å². The van der Waals surface area contributed by atoms with Gasteiger partial charge in [0.05, 0.1) is 0 Å². The SMILES string of the molecule is NC(=NCCCNCC1CCc2ccccc2O1)N1CCCCC1. The average molecular weight is 330 g/mol. The molecule has 2 heterocycles. The van der Waals surface area contributed by atoms with E-state index in [2.05, 4.69) is 33.4 Å². The zero-order valence-electron chi connectivity index (χ0n) is 14.5. The van der Waals surface area contributed by atoms with Crippen LogP contribution in [0.1, 0.15) is 37.7 Å². The Morgan fingerprint density at radius 3 is 2.96 bits per heavy atom. The first-order valence-corrected chi connectivity index (χ1v) is 9.33. The molecule has 1 saturated heterocycles. The number of hydrogen-bond acceptors (Lipinski definition) is 3. The van der Waals surface area contributed by atoms with Crippen molar-refractivity contribution in [2.45, 2.75) is 44.6 Å². The van der Waals surface area contributed by atoms with Crippen LogP contribution in [0.3, 0.4) is 0 Å². The van der Waals surface area contributed by atoms with Crippen LogP contribution in [-0.2, 0) is 6.42 Å². The number of guanidine groups is 1. The first kappa shape index (κ1) is 17.1. The number of benzene rings is 1. The summed E-state index contributed by atoms with van der Waals surface area (Å²) in [5.74, 6) is 1.77. The minimum atomic E-state index is 0.279. The first-order valence-electron chi connectivity index (χ1n) is 9.33. The zero-order chi connectivity index (χ0) is 16.6. The normalized spacial score (nSPS) is 21.2. The van der Waals surface area contributed by atoms with Crippen LogP contribution in [0.5, 0.6) is 5.75 Å². The summed E-state index contributed by atoms with van der Waals surface area (Å²) in [5.41, 5.74) is 7.39. The highest BCUT2D eigenvalue weighted by molar-refractivity contribution is 5.78. The van der Waals surface area contributed by atoms with Gasteiger partial charge in [0.1, 0.15) is 11.9 Å². The van der Waals surface area contributed by atoms with Gasteiger partial charge in [-0.25, -0.2) is 0 Å². The highest BCUT2D eigenvalue weighted by atomic mass is 16.5. The summed E-state index contributed by atoms with van der Waals surface area (Å²) in [5, 5.41) is 3.49. The molecule has 0 aromatic heterocycles. The van der Waals surface area contributed by atoms with Crippen LogP contribution in [0.4, 0.5) is 0 Å². The van der Waals surface area contributed by atoms with Gasteiger partial charge < -0.3 is 20.7 Å². The molecular formula is C19H30N4O. The van der Waals surface area contributed by atoms with E-state index in [-0.39, 0.29) is 6.10 Å². The van der Waals surface area contributed by atoms with E-state index in [1.165, 1.54) is 24.8 Å². The predicted molar refractivity (Wildman–Crippen MR) is 98.6 cm³/mol. The summed E-state index contributed by atoms with van der Waals surface area (Å²) >= 11 is 0. The second-order valence-corrected chi connectivity index (χ2v) is 6.73. The molecule has 0 aliphatic carbocycles. The van der Waals surface area contributed by atoms with Gasteiger partial charge in [0.25, 0.3) is 0 Å². The van der Waals surface area contributed by atoms with Crippen LogP contribution in [-0.4, -0.2) is 49.7 Å². The molecule has 1 aromatic rings. The molecule has 0 amide bonds. The van der Waals surface area contributed by atoms with Crippen molar-refractivity contribution in [3.63, 3.8) is 0 Å². The summed E-state index contributed by atoms with van der Waals surface area (Å²) in [7, 11) is 0. The fourth-order valence-electron chi connectivity index (χ4n) is 3.41. The van der Waals surface area contributed by atoms with Crippen molar-refractivity contribution in [3.05, 3.63) is 29.8 Å². The molecule has 1 fully saturated rings. The fourth-order valence-corrected chi connectivity index (χ4v) is 3.41. The second kappa shape index (κ2) is 8.92. The van der Waals surface area contributed by atoms with Gasteiger partial charge in [0.15, 0.2) is 5.96 Å². The minimum Gasteiger partial charge on any atom is -0.489 e. The molecule has 2 aliphatic rings. The minimum absolute atomic E-state index is 0.279. The van der Waals surface area contributed by atoms with Crippen LogP contribution in [0.15, 0.2) is 29.3 Å². The summed E-state index contributed by atoms with van der Waals surface area (Å²) in [6.07, 6.45) is 7.29. The summed E-state index contributed by atoms with van der Waals surface area (Å²) in [4.78, 5) is 6.72. The third-order valence-corrected chi connectivity index (χ3v) is 4.84. The molecule has 0 spiro atoms. The molecule has 1 atom stereocenters. The van der Waals surface area contributed by atoms with Crippen LogP contribution < -0.4 is 15.8 Å². The van der Waals surface area contributed by atoms with Crippen molar-refractivity contribution in [2.24, 2.45) is 10.7 Å². The number of hydrogen-bond donors (Lipinski definition) is 2. The van der Waals surface area contributed by atoms with Crippen molar-refractivity contribution in [2.75, 3.05) is 32.7 Å². The molecular weight excluding hydrogens is 300 g/mol. The van der Waals surface area contributed by atoms with E-state index < -0.39 is 0 Å². The molecule has 0 saturated carbocycles. The molecule has 5 nitrogen and oxygen atoms in total. The van der Waals surface area contributed by atoms with Crippen LogP contribution in [0.25, 0.3) is 0 Å². The number of piperidine rings is 1. The highest BCUT2D eigenvalue weighted by Gasteiger charge is 2.18.